The van der Waals surface area contributed by atoms with Crippen LogP contribution in [0.5, 0.6) is 0 Å². The number of halogens is 1. The van der Waals surface area contributed by atoms with Crippen molar-refractivity contribution in [1.82, 2.24) is 0 Å². The normalized spacial score (nSPS) is 12.3. The Morgan fingerprint density at radius 3 is 2.33 bits per heavy atom. The summed E-state index contributed by atoms with van der Waals surface area (Å²) < 4.78 is 59.7. The number of nitrogens with two attached hydrogens (primary N) is 1. The Morgan fingerprint density at radius 1 is 1.22 bits per heavy atom. The van der Waals surface area contributed by atoms with Crippen molar-refractivity contribution >= 4 is 31.2 Å². The first-order valence-corrected chi connectivity index (χ1v) is 8.53. The van der Waals surface area contributed by atoms with Crippen LogP contribution in [-0.2, 0) is 19.9 Å². The first-order valence-electron chi connectivity index (χ1n) is 4.82. The molecule has 1 aromatic carbocycles. The van der Waals surface area contributed by atoms with E-state index in [4.69, 9.17) is 5.73 Å². The summed E-state index contributed by atoms with van der Waals surface area (Å²) in [5, 5.41) is 0. The van der Waals surface area contributed by atoms with E-state index in [1.165, 1.54) is 6.07 Å². The van der Waals surface area contributed by atoms with E-state index in [9.17, 15) is 21.2 Å². The summed E-state index contributed by atoms with van der Waals surface area (Å²) in [7, 11) is -7.21. The Bertz CT molecular complexity index is 641. The van der Waals surface area contributed by atoms with Crippen LogP contribution in [0.4, 0.5) is 15.8 Å². The number of anilines is 2. The van der Waals surface area contributed by atoms with Crippen molar-refractivity contribution < 1.29 is 21.2 Å². The van der Waals surface area contributed by atoms with Gasteiger partial charge in [-0.2, -0.15) is 0 Å². The number of rotatable bonds is 5. The van der Waals surface area contributed by atoms with Crippen molar-refractivity contribution in [3.05, 3.63) is 24.0 Å². The molecule has 0 radical (unpaired) electrons. The lowest BCUT2D eigenvalue weighted by Crippen LogP contribution is -2.22. The molecule has 0 aliphatic rings. The molecule has 0 unspecified atom stereocenters. The first kappa shape index (κ1) is 14.7. The van der Waals surface area contributed by atoms with Gasteiger partial charge in [0.05, 0.1) is 22.9 Å². The lowest BCUT2D eigenvalue weighted by atomic mass is 10.3. The number of nitrogen functional groups attached to an aromatic ring is 1. The van der Waals surface area contributed by atoms with Gasteiger partial charge in [-0.25, -0.2) is 21.2 Å². The second-order valence-electron chi connectivity index (χ2n) is 3.78. The standard InChI is InChI=1S/C9H13FN2O4S2/c1-17(13,14)4-5-18(15,16)12-9-3-2-7(10)6-8(9)11/h2-3,6,12H,4-5,11H2,1H3. The zero-order valence-corrected chi connectivity index (χ0v) is 11.2. The molecular formula is C9H13FN2O4S2. The zero-order valence-electron chi connectivity index (χ0n) is 9.55. The fraction of sp³-hybridized carbons (Fsp3) is 0.333. The molecule has 102 valence electrons. The third kappa shape index (κ3) is 4.88. The largest absolute Gasteiger partial charge is 0.397 e. The van der Waals surface area contributed by atoms with Gasteiger partial charge >= 0.3 is 0 Å². The monoisotopic (exact) mass is 296 g/mol. The van der Waals surface area contributed by atoms with Crippen LogP contribution in [0.2, 0.25) is 0 Å². The Balaban J connectivity index is 2.83. The lowest BCUT2D eigenvalue weighted by Gasteiger charge is -2.09. The van der Waals surface area contributed by atoms with E-state index in [1.807, 2.05) is 0 Å². The van der Waals surface area contributed by atoms with Gasteiger partial charge in [0.1, 0.15) is 15.7 Å². The molecule has 0 aliphatic carbocycles. The second kappa shape index (κ2) is 5.11. The highest BCUT2D eigenvalue weighted by Gasteiger charge is 2.15. The van der Waals surface area contributed by atoms with Gasteiger partial charge in [0.25, 0.3) is 0 Å². The van der Waals surface area contributed by atoms with Crippen molar-refractivity contribution in [2.45, 2.75) is 0 Å². The van der Waals surface area contributed by atoms with Crippen molar-refractivity contribution in [3.63, 3.8) is 0 Å². The number of benzene rings is 1. The molecule has 0 heterocycles. The quantitative estimate of drug-likeness (QED) is 0.755. The predicted octanol–water partition coefficient (Wildman–Crippen LogP) is 0.194. The average molecular weight is 296 g/mol. The number of sulfone groups is 1. The molecule has 1 rings (SSSR count). The highest BCUT2D eigenvalue weighted by molar-refractivity contribution is 7.95. The summed E-state index contributed by atoms with van der Waals surface area (Å²) in [5.41, 5.74) is 5.37. The maximum Gasteiger partial charge on any atom is 0.233 e. The third-order valence-corrected chi connectivity index (χ3v) is 4.48. The molecular weight excluding hydrogens is 283 g/mol. The van der Waals surface area contributed by atoms with Gasteiger partial charge < -0.3 is 5.73 Å². The summed E-state index contributed by atoms with van der Waals surface area (Å²) in [4.78, 5) is 0. The van der Waals surface area contributed by atoms with E-state index in [0.717, 1.165) is 18.4 Å². The first-order chi connectivity index (χ1) is 8.09. The van der Waals surface area contributed by atoms with Crippen LogP contribution < -0.4 is 10.5 Å². The molecule has 6 nitrogen and oxygen atoms in total. The van der Waals surface area contributed by atoms with Gasteiger partial charge in [0, 0.05) is 6.26 Å². The van der Waals surface area contributed by atoms with E-state index in [0.29, 0.717) is 0 Å². The van der Waals surface area contributed by atoms with Gasteiger partial charge in [-0.3, -0.25) is 4.72 Å². The smallest absolute Gasteiger partial charge is 0.233 e. The lowest BCUT2D eigenvalue weighted by molar-refractivity contribution is 0.593. The Morgan fingerprint density at radius 2 is 1.83 bits per heavy atom. The van der Waals surface area contributed by atoms with Gasteiger partial charge in [0.15, 0.2) is 0 Å². The van der Waals surface area contributed by atoms with E-state index in [1.54, 1.807) is 0 Å². The fourth-order valence-corrected chi connectivity index (χ4v) is 3.82. The molecule has 1 aromatic rings. The minimum Gasteiger partial charge on any atom is -0.397 e. The van der Waals surface area contributed by atoms with Crippen LogP contribution in [0.25, 0.3) is 0 Å². The Kier molecular flexibility index (Phi) is 4.17. The molecule has 0 saturated heterocycles. The number of nitrogens with one attached hydrogen (secondary N) is 1. The summed E-state index contributed by atoms with van der Waals surface area (Å²) >= 11 is 0. The van der Waals surface area contributed by atoms with Gasteiger partial charge in [-0.05, 0) is 18.2 Å². The van der Waals surface area contributed by atoms with Gasteiger partial charge in [0.2, 0.25) is 10.0 Å². The van der Waals surface area contributed by atoms with Crippen LogP contribution in [0.15, 0.2) is 18.2 Å². The van der Waals surface area contributed by atoms with Crippen LogP contribution >= 0.6 is 0 Å². The molecule has 0 atom stereocenters. The van der Waals surface area contributed by atoms with Crippen molar-refractivity contribution in [3.8, 4) is 0 Å². The maximum atomic E-state index is 12.7. The van der Waals surface area contributed by atoms with E-state index in [2.05, 4.69) is 4.72 Å². The molecule has 0 fully saturated rings. The van der Waals surface area contributed by atoms with E-state index < -0.39 is 37.2 Å². The number of sulfonamides is 1. The Hall–Kier alpha value is -1.35. The molecule has 0 amide bonds. The highest BCUT2D eigenvalue weighted by Crippen LogP contribution is 2.20. The molecule has 0 aromatic heterocycles. The van der Waals surface area contributed by atoms with Crippen molar-refractivity contribution in [1.29, 1.82) is 0 Å². The third-order valence-electron chi connectivity index (χ3n) is 2.00. The molecule has 18 heavy (non-hydrogen) atoms. The summed E-state index contributed by atoms with van der Waals surface area (Å²) in [5.74, 6) is -1.67. The molecule has 0 spiro atoms. The number of hydrogen-bond donors (Lipinski definition) is 2. The summed E-state index contributed by atoms with van der Waals surface area (Å²) in [6.45, 7) is 0. The van der Waals surface area contributed by atoms with Crippen molar-refractivity contribution in [2.24, 2.45) is 0 Å². The van der Waals surface area contributed by atoms with Crippen LogP contribution in [0.3, 0.4) is 0 Å². The Labute approximate surface area is 105 Å². The maximum absolute atomic E-state index is 12.7. The summed E-state index contributed by atoms with van der Waals surface area (Å²) in [6, 6.07) is 3.18. The fourth-order valence-electron chi connectivity index (χ4n) is 1.11. The second-order valence-corrected chi connectivity index (χ2v) is 7.88. The van der Waals surface area contributed by atoms with Crippen LogP contribution in [-0.4, -0.2) is 34.6 Å². The van der Waals surface area contributed by atoms with Crippen LogP contribution in [0, 0.1) is 5.82 Å². The molecule has 0 saturated carbocycles. The SMILES string of the molecule is CS(=O)(=O)CCS(=O)(=O)Nc1ccc(F)cc1N. The van der Waals surface area contributed by atoms with Gasteiger partial charge in [-0.15, -0.1) is 0 Å². The van der Waals surface area contributed by atoms with Gasteiger partial charge in [-0.1, -0.05) is 0 Å². The molecule has 9 heteroatoms. The topological polar surface area (TPSA) is 106 Å². The number of hydrogen-bond acceptors (Lipinski definition) is 5. The zero-order chi connectivity index (χ0) is 14.0. The van der Waals surface area contributed by atoms with E-state index in [-0.39, 0.29) is 11.4 Å². The molecule has 3 N–H and O–H groups in total. The summed E-state index contributed by atoms with van der Waals surface area (Å²) in [6.07, 6.45) is 0.939. The molecule has 0 bridgehead atoms. The average Bonchev–Trinajstić information content (AvgIpc) is 2.19. The van der Waals surface area contributed by atoms with E-state index >= 15 is 0 Å². The minimum absolute atomic E-state index is 0.0184. The van der Waals surface area contributed by atoms with Crippen LogP contribution in [0.1, 0.15) is 0 Å². The highest BCUT2D eigenvalue weighted by atomic mass is 32.2. The minimum atomic E-state index is -3.83. The van der Waals surface area contributed by atoms with Crippen molar-refractivity contribution in [2.75, 3.05) is 28.2 Å². The predicted molar refractivity (Wildman–Crippen MR) is 67.9 cm³/mol. The molecule has 0 aliphatic heterocycles.